The van der Waals surface area contributed by atoms with Crippen LogP contribution in [0.2, 0.25) is 0 Å². The van der Waals surface area contributed by atoms with Crippen LogP contribution in [0.1, 0.15) is 71.1 Å². The van der Waals surface area contributed by atoms with E-state index in [2.05, 4.69) is 11.1 Å². The van der Waals surface area contributed by atoms with Crippen molar-refractivity contribution in [1.29, 1.82) is 0 Å². The fourth-order valence-corrected chi connectivity index (χ4v) is 2.07. The molecule has 0 unspecified atom stereocenters. The van der Waals surface area contributed by atoms with Crippen LogP contribution < -0.4 is 29.6 Å². The Labute approximate surface area is 162 Å². The van der Waals surface area contributed by atoms with Gasteiger partial charge in [0.25, 0.3) is 0 Å². The third-order valence-electron chi connectivity index (χ3n) is 2.73. The minimum absolute atomic E-state index is 0. The van der Waals surface area contributed by atoms with Gasteiger partial charge in [-0.1, -0.05) is 64.7 Å². The maximum Gasteiger partial charge on any atom is 2.00 e. The zero-order valence-electron chi connectivity index (χ0n) is 13.0. The van der Waals surface area contributed by atoms with Gasteiger partial charge in [0.15, 0.2) is 0 Å². The first-order valence-electron chi connectivity index (χ1n) is 6.66. The van der Waals surface area contributed by atoms with Gasteiger partial charge in [-0.15, -0.1) is 0 Å². The van der Waals surface area contributed by atoms with Gasteiger partial charge in [-0.05, 0) is 6.42 Å². The van der Waals surface area contributed by atoms with E-state index in [4.69, 9.17) is 0 Å². The van der Waals surface area contributed by atoms with E-state index in [0.29, 0.717) is 6.42 Å². The number of hydrogen-bond acceptors (Lipinski definition) is 5. The third-order valence-corrected chi connectivity index (χ3v) is 3.18. The quantitative estimate of drug-likeness (QED) is 0.214. The van der Waals surface area contributed by atoms with Gasteiger partial charge in [0.1, 0.15) is 0 Å². The summed E-state index contributed by atoms with van der Waals surface area (Å²) in [5.74, 6) is 0. The molecule has 0 aliphatic carbocycles. The number of rotatable bonds is 12. The van der Waals surface area contributed by atoms with E-state index in [9.17, 15) is 13.0 Å². The second-order valence-corrected chi connectivity index (χ2v) is 5.46. The molecule has 0 aromatic rings. The summed E-state index contributed by atoms with van der Waals surface area (Å²) in [7, 11) is -4.48. The summed E-state index contributed by atoms with van der Waals surface area (Å²) in [6.07, 6.45) is 11.7. The van der Waals surface area contributed by atoms with Crippen molar-refractivity contribution in [2.24, 2.45) is 0 Å². The van der Waals surface area contributed by atoms with Crippen LogP contribution >= 0.6 is 0 Å². The molecule has 5 nitrogen and oxygen atoms in total. The van der Waals surface area contributed by atoms with Gasteiger partial charge < -0.3 is 10.0 Å². The topological polar surface area (TPSA) is 96.4 Å². The molecule has 0 rings (SSSR count). The standard InChI is InChI=1S/C12H26O4S.Mg.Na.H2O/c1-2-3-4-5-6-7-8-9-10-11-12-16-17(13,14)15;;;/h2-12H2,1H3,(H,13,14,15);;;1H2/q;+2;+1;/p-2. The normalized spacial score (nSPS) is 10.1. The molecule has 0 saturated carbocycles. The van der Waals surface area contributed by atoms with Crippen molar-refractivity contribution in [3.8, 4) is 0 Å². The fourth-order valence-electron chi connectivity index (χ4n) is 1.75. The van der Waals surface area contributed by atoms with Crippen LogP contribution in [-0.2, 0) is 14.6 Å². The molecule has 1 N–H and O–H groups in total. The summed E-state index contributed by atoms with van der Waals surface area (Å²) >= 11 is 0. The molecule has 0 aromatic heterocycles. The number of unbranched alkanes of at least 4 members (excludes halogenated alkanes) is 9. The van der Waals surface area contributed by atoms with Crippen molar-refractivity contribution in [3.05, 3.63) is 0 Å². The average molecular weight is 330 g/mol. The SMILES string of the molecule is CCCCCCCCCCCCOS(=O)(=O)[O-].[Mg+2].[Na+].[OH-]. The molecule has 20 heavy (non-hydrogen) atoms. The summed E-state index contributed by atoms with van der Waals surface area (Å²) in [4.78, 5) is 0. The summed E-state index contributed by atoms with van der Waals surface area (Å²) in [6.45, 7) is 2.24. The Bertz CT molecular complexity index is 263. The maximum absolute atomic E-state index is 10.1. The van der Waals surface area contributed by atoms with Crippen molar-refractivity contribution in [1.82, 2.24) is 0 Å². The Kier molecular flexibility index (Phi) is 30.5. The molecule has 0 fully saturated rings. The van der Waals surface area contributed by atoms with Crippen LogP contribution in [0.5, 0.6) is 0 Å². The molecule has 0 aliphatic heterocycles. The Balaban J connectivity index is -0.000000427. The van der Waals surface area contributed by atoms with Gasteiger partial charge in [0, 0.05) is 0 Å². The van der Waals surface area contributed by atoms with Crippen molar-refractivity contribution in [2.45, 2.75) is 71.1 Å². The van der Waals surface area contributed by atoms with Gasteiger partial charge in [-0.2, -0.15) is 0 Å². The van der Waals surface area contributed by atoms with Crippen molar-refractivity contribution < 1.29 is 52.2 Å². The molecule has 8 heteroatoms. The van der Waals surface area contributed by atoms with E-state index in [-0.39, 0.29) is 64.7 Å². The molecular weight excluding hydrogens is 303 g/mol. The molecular formula is C12H26MgNaO5S+. The van der Waals surface area contributed by atoms with Gasteiger partial charge in [0.05, 0.1) is 6.61 Å². The second-order valence-electron chi connectivity index (χ2n) is 4.41. The van der Waals surface area contributed by atoms with Crippen LogP contribution in [0.25, 0.3) is 0 Å². The van der Waals surface area contributed by atoms with E-state index >= 15 is 0 Å². The number of hydrogen-bond donors (Lipinski definition) is 0. The molecule has 0 heterocycles. The minimum atomic E-state index is -4.48. The van der Waals surface area contributed by atoms with E-state index in [1.807, 2.05) is 0 Å². The first-order chi connectivity index (χ1) is 8.06. The van der Waals surface area contributed by atoms with Gasteiger partial charge in [-0.3, -0.25) is 4.18 Å². The monoisotopic (exact) mass is 329 g/mol. The maximum atomic E-state index is 10.1. The third kappa shape index (κ3) is 27.9. The molecule has 0 amide bonds. The summed E-state index contributed by atoms with van der Waals surface area (Å²) in [5.41, 5.74) is 0. The predicted molar refractivity (Wildman–Crippen MR) is 75.2 cm³/mol. The van der Waals surface area contributed by atoms with Crippen LogP contribution in [-0.4, -0.2) is 48.1 Å². The Hall–Kier alpha value is 1.60. The van der Waals surface area contributed by atoms with Crippen molar-refractivity contribution in [2.75, 3.05) is 6.61 Å². The molecule has 0 aliphatic rings. The Morgan fingerprint density at radius 1 is 0.850 bits per heavy atom. The second kappa shape index (κ2) is 20.6. The van der Waals surface area contributed by atoms with E-state index in [1.54, 1.807) is 0 Å². The van der Waals surface area contributed by atoms with Gasteiger partial charge >= 0.3 is 52.6 Å². The molecule has 0 aromatic carbocycles. The smallest absolute Gasteiger partial charge is 0.870 e. The van der Waals surface area contributed by atoms with E-state index < -0.39 is 10.4 Å². The van der Waals surface area contributed by atoms with Crippen LogP contribution in [0.15, 0.2) is 0 Å². The fraction of sp³-hybridized carbons (Fsp3) is 1.00. The largest absolute Gasteiger partial charge is 2.00 e. The first kappa shape index (κ1) is 29.6. The molecule has 112 valence electrons. The van der Waals surface area contributed by atoms with Crippen LogP contribution in [0.4, 0.5) is 0 Å². The molecule has 0 saturated heterocycles. The van der Waals surface area contributed by atoms with E-state index in [0.717, 1.165) is 12.8 Å². The average Bonchev–Trinajstić information content (AvgIpc) is 2.24. The van der Waals surface area contributed by atoms with Crippen LogP contribution in [0, 0.1) is 0 Å². The zero-order chi connectivity index (χ0) is 13.0. The molecule has 0 spiro atoms. The summed E-state index contributed by atoms with van der Waals surface area (Å²) < 4.78 is 34.5. The predicted octanol–water partition coefficient (Wildman–Crippen LogP) is -0.169. The Morgan fingerprint density at radius 2 is 1.20 bits per heavy atom. The Morgan fingerprint density at radius 3 is 1.55 bits per heavy atom. The van der Waals surface area contributed by atoms with Crippen molar-refractivity contribution in [3.63, 3.8) is 0 Å². The summed E-state index contributed by atoms with van der Waals surface area (Å²) in [5, 5.41) is 0. The van der Waals surface area contributed by atoms with Crippen LogP contribution in [0.3, 0.4) is 0 Å². The van der Waals surface area contributed by atoms with Gasteiger partial charge in [-0.25, -0.2) is 8.42 Å². The first-order valence-corrected chi connectivity index (χ1v) is 8.00. The summed E-state index contributed by atoms with van der Waals surface area (Å²) in [6, 6.07) is 0. The minimum Gasteiger partial charge on any atom is -0.870 e. The molecule has 0 radical (unpaired) electrons. The van der Waals surface area contributed by atoms with E-state index in [1.165, 1.54) is 44.9 Å². The zero-order valence-corrected chi connectivity index (χ0v) is 17.2. The molecule has 0 atom stereocenters. The van der Waals surface area contributed by atoms with Gasteiger partial charge in [0.2, 0.25) is 10.4 Å². The molecule has 0 bridgehead atoms. The van der Waals surface area contributed by atoms with Crippen molar-refractivity contribution >= 4 is 33.5 Å².